The molecule has 0 spiro atoms. The van der Waals surface area contributed by atoms with Gasteiger partial charge in [-0.25, -0.2) is 0 Å². The van der Waals surface area contributed by atoms with Crippen LogP contribution in [0.3, 0.4) is 0 Å². The van der Waals surface area contributed by atoms with E-state index in [1.807, 2.05) is 29.8 Å². The van der Waals surface area contributed by atoms with E-state index in [0.29, 0.717) is 13.1 Å². The molecule has 102 valence electrons. The minimum atomic E-state index is 0.440. The maximum atomic E-state index is 6.31. The predicted molar refractivity (Wildman–Crippen MR) is 82.9 cm³/mol. The van der Waals surface area contributed by atoms with Crippen LogP contribution in [-0.2, 0) is 13.1 Å². The number of rotatable bonds is 3. The molecular formula is C16H16ClN3. The molecule has 2 N–H and O–H groups in total. The molecule has 0 atom stereocenters. The Labute approximate surface area is 123 Å². The summed E-state index contributed by atoms with van der Waals surface area (Å²) in [7, 11) is 0. The first-order valence-electron chi connectivity index (χ1n) is 6.58. The third-order valence-corrected chi connectivity index (χ3v) is 3.81. The molecular weight excluding hydrogens is 270 g/mol. The molecule has 0 saturated carbocycles. The molecule has 3 rings (SSSR count). The molecule has 1 heterocycles. The second kappa shape index (κ2) is 5.27. The molecule has 0 bridgehead atoms. The molecule has 0 aliphatic carbocycles. The van der Waals surface area contributed by atoms with E-state index >= 15 is 0 Å². The number of hydrogen-bond donors (Lipinski definition) is 1. The summed E-state index contributed by atoms with van der Waals surface area (Å²) in [4.78, 5) is 0. The van der Waals surface area contributed by atoms with Crippen molar-refractivity contribution in [3.63, 3.8) is 0 Å². The molecule has 4 heteroatoms. The van der Waals surface area contributed by atoms with Gasteiger partial charge in [-0.3, -0.25) is 4.68 Å². The molecule has 3 aromatic rings. The average Bonchev–Trinajstić information content (AvgIpc) is 2.80. The van der Waals surface area contributed by atoms with E-state index in [-0.39, 0.29) is 0 Å². The number of hydrogen-bond acceptors (Lipinski definition) is 2. The maximum absolute atomic E-state index is 6.31. The fraction of sp³-hybridized carbons (Fsp3) is 0.188. The molecule has 0 saturated heterocycles. The molecule has 0 aliphatic heterocycles. The molecule has 1 aromatic heterocycles. The summed E-state index contributed by atoms with van der Waals surface area (Å²) in [5.41, 5.74) is 10.0. The Hall–Kier alpha value is -1.84. The topological polar surface area (TPSA) is 43.8 Å². The monoisotopic (exact) mass is 285 g/mol. The lowest BCUT2D eigenvalue weighted by Gasteiger charge is -2.07. The second-order valence-electron chi connectivity index (χ2n) is 4.92. The molecule has 3 nitrogen and oxygen atoms in total. The van der Waals surface area contributed by atoms with Gasteiger partial charge in [0.25, 0.3) is 0 Å². The van der Waals surface area contributed by atoms with Crippen LogP contribution in [0.2, 0.25) is 5.02 Å². The lowest BCUT2D eigenvalue weighted by Crippen LogP contribution is -2.04. The first kappa shape index (κ1) is 13.2. The van der Waals surface area contributed by atoms with Gasteiger partial charge in [-0.1, -0.05) is 41.9 Å². The molecule has 2 aromatic carbocycles. The summed E-state index contributed by atoms with van der Waals surface area (Å²) in [6.07, 6.45) is 0. The molecule has 0 radical (unpaired) electrons. The van der Waals surface area contributed by atoms with Crippen LogP contribution in [0.25, 0.3) is 10.9 Å². The quantitative estimate of drug-likeness (QED) is 0.800. The van der Waals surface area contributed by atoms with Gasteiger partial charge in [0, 0.05) is 17.0 Å². The van der Waals surface area contributed by atoms with Crippen molar-refractivity contribution in [2.75, 3.05) is 0 Å². The fourth-order valence-corrected chi connectivity index (χ4v) is 2.70. The summed E-state index contributed by atoms with van der Waals surface area (Å²) < 4.78 is 1.97. The smallest absolute Gasteiger partial charge is 0.0839 e. The predicted octanol–water partition coefficient (Wildman–Crippen LogP) is 3.51. The highest BCUT2D eigenvalue weighted by Gasteiger charge is 2.10. The van der Waals surface area contributed by atoms with Gasteiger partial charge in [0.2, 0.25) is 0 Å². The molecule has 0 amide bonds. The minimum absolute atomic E-state index is 0.440. The third kappa shape index (κ3) is 2.30. The first-order chi connectivity index (χ1) is 9.69. The molecule has 20 heavy (non-hydrogen) atoms. The van der Waals surface area contributed by atoms with Gasteiger partial charge < -0.3 is 5.73 Å². The van der Waals surface area contributed by atoms with Crippen LogP contribution >= 0.6 is 11.6 Å². The number of aryl methyl sites for hydroxylation is 1. The Kier molecular flexibility index (Phi) is 3.47. The first-order valence-corrected chi connectivity index (χ1v) is 6.96. The third-order valence-electron chi connectivity index (χ3n) is 3.46. The number of benzene rings is 2. The molecule has 0 fully saturated rings. The van der Waals surface area contributed by atoms with Crippen molar-refractivity contribution in [1.82, 2.24) is 9.78 Å². The van der Waals surface area contributed by atoms with Crippen LogP contribution in [0.5, 0.6) is 0 Å². The van der Waals surface area contributed by atoms with Crippen molar-refractivity contribution < 1.29 is 0 Å². The normalized spacial score (nSPS) is 11.2. The van der Waals surface area contributed by atoms with Crippen molar-refractivity contribution in [2.24, 2.45) is 5.73 Å². The highest BCUT2D eigenvalue weighted by atomic mass is 35.5. The zero-order valence-corrected chi connectivity index (χ0v) is 12.1. The zero-order chi connectivity index (χ0) is 14.1. The van der Waals surface area contributed by atoms with Gasteiger partial charge in [-0.2, -0.15) is 5.10 Å². The van der Waals surface area contributed by atoms with Crippen LogP contribution in [0.15, 0.2) is 42.5 Å². The van der Waals surface area contributed by atoms with Gasteiger partial charge >= 0.3 is 0 Å². The Bertz CT molecular complexity index is 762. The lowest BCUT2D eigenvalue weighted by atomic mass is 10.1. The standard InChI is InChI=1S/C16H16ClN3/c1-11-6-7-12(14(17)8-11)10-20-16-5-3-2-4-13(16)15(9-18)19-20/h2-8H,9-10,18H2,1H3. The maximum Gasteiger partial charge on any atom is 0.0839 e. The van der Waals surface area contributed by atoms with E-state index < -0.39 is 0 Å². The van der Waals surface area contributed by atoms with Gasteiger partial charge in [-0.15, -0.1) is 0 Å². The van der Waals surface area contributed by atoms with Gasteiger partial charge in [0.15, 0.2) is 0 Å². The van der Waals surface area contributed by atoms with Crippen molar-refractivity contribution in [3.05, 3.63) is 64.3 Å². The Morgan fingerprint density at radius 3 is 2.75 bits per heavy atom. The number of nitrogens with zero attached hydrogens (tertiary/aromatic N) is 2. The largest absolute Gasteiger partial charge is 0.325 e. The number of aromatic nitrogens is 2. The number of halogens is 1. The summed E-state index contributed by atoms with van der Waals surface area (Å²) >= 11 is 6.31. The lowest BCUT2D eigenvalue weighted by molar-refractivity contribution is 0.694. The Balaban J connectivity index is 2.06. The van der Waals surface area contributed by atoms with Gasteiger partial charge in [-0.05, 0) is 30.2 Å². The minimum Gasteiger partial charge on any atom is -0.325 e. The highest BCUT2D eigenvalue weighted by Crippen LogP contribution is 2.22. The number of fused-ring (bicyclic) bond motifs is 1. The van der Waals surface area contributed by atoms with E-state index in [9.17, 15) is 0 Å². The van der Waals surface area contributed by atoms with E-state index in [1.165, 1.54) is 0 Å². The zero-order valence-electron chi connectivity index (χ0n) is 11.3. The van der Waals surface area contributed by atoms with E-state index in [2.05, 4.69) is 29.4 Å². The summed E-state index contributed by atoms with van der Waals surface area (Å²) in [5, 5.41) is 6.49. The molecule has 0 unspecified atom stereocenters. The number of para-hydroxylation sites is 1. The fourth-order valence-electron chi connectivity index (χ4n) is 2.41. The summed E-state index contributed by atoms with van der Waals surface area (Å²) in [6, 6.07) is 14.2. The Morgan fingerprint density at radius 2 is 2.00 bits per heavy atom. The summed E-state index contributed by atoms with van der Waals surface area (Å²) in [6.45, 7) is 3.13. The van der Waals surface area contributed by atoms with Crippen LogP contribution in [0.1, 0.15) is 16.8 Å². The van der Waals surface area contributed by atoms with Crippen molar-refractivity contribution in [1.29, 1.82) is 0 Å². The van der Waals surface area contributed by atoms with Gasteiger partial charge in [0.1, 0.15) is 0 Å². The average molecular weight is 286 g/mol. The summed E-state index contributed by atoms with van der Waals surface area (Å²) in [5.74, 6) is 0. The van der Waals surface area contributed by atoms with E-state index in [0.717, 1.165) is 32.7 Å². The highest BCUT2D eigenvalue weighted by molar-refractivity contribution is 6.31. The van der Waals surface area contributed by atoms with Crippen molar-refractivity contribution >= 4 is 22.5 Å². The van der Waals surface area contributed by atoms with Crippen molar-refractivity contribution in [2.45, 2.75) is 20.0 Å². The van der Waals surface area contributed by atoms with Crippen molar-refractivity contribution in [3.8, 4) is 0 Å². The Morgan fingerprint density at radius 1 is 1.20 bits per heavy atom. The number of nitrogens with two attached hydrogens (primary N) is 1. The van der Waals surface area contributed by atoms with Crippen LogP contribution in [0, 0.1) is 6.92 Å². The van der Waals surface area contributed by atoms with Crippen LogP contribution in [-0.4, -0.2) is 9.78 Å². The molecule has 0 aliphatic rings. The van der Waals surface area contributed by atoms with Crippen LogP contribution in [0.4, 0.5) is 0 Å². The second-order valence-corrected chi connectivity index (χ2v) is 5.33. The van der Waals surface area contributed by atoms with Gasteiger partial charge in [0.05, 0.1) is 17.8 Å². The van der Waals surface area contributed by atoms with E-state index in [1.54, 1.807) is 0 Å². The SMILES string of the molecule is Cc1ccc(Cn2nc(CN)c3ccccc32)c(Cl)c1. The van der Waals surface area contributed by atoms with Crippen LogP contribution < -0.4 is 5.73 Å². The van der Waals surface area contributed by atoms with E-state index in [4.69, 9.17) is 17.3 Å².